The number of carbonyl (C=O) groups excluding carboxylic acids is 2. The van der Waals surface area contributed by atoms with E-state index in [4.69, 9.17) is 0 Å². The molecule has 1 N–H and O–H groups in total. The van der Waals surface area contributed by atoms with Gasteiger partial charge in [0, 0.05) is 25.0 Å². The summed E-state index contributed by atoms with van der Waals surface area (Å²) in [6, 6.07) is 12.2. The molecule has 0 aliphatic rings. The third-order valence-electron chi connectivity index (χ3n) is 5.37. The largest absolute Gasteiger partial charge is 0.350 e. The van der Waals surface area contributed by atoms with Crippen LogP contribution < -0.4 is 9.62 Å². The van der Waals surface area contributed by atoms with E-state index < -0.39 is 21.6 Å². The molecule has 0 saturated carbocycles. The van der Waals surface area contributed by atoms with Gasteiger partial charge in [0.1, 0.15) is 11.9 Å². The molecular weight excluding hydrogens is 469 g/mol. The molecule has 1 atom stereocenters. The van der Waals surface area contributed by atoms with Gasteiger partial charge in [-0.25, -0.2) is 12.8 Å². The quantitative estimate of drug-likeness (QED) is 0.529. The van der Waals surface area contributed by atoms with Crippen molar-refractivity contribution in [1.82, 2.24) is 10.2 Å². The zero-order valence-corrected chi connectivity index (χ0v) is 22.2. The molecule has 35 heavy (non-hydrogen) atoms. The number of hydrogen-bond donors (Lipinski definition) is 1. The van der Waals surface area contributed by atoms with Gasteiger partial charge in [-0.3, -0.25) is 13.9 Å². The molecule has 0 bridgehead atoms. The lowest BCUT2D eigenvalue weighted by atomic mass is 10.1. The molecule has 0 spiro atoms. The third-order valence-corrected chi connectivity index (χ3v) is 6.57. The summed E-state index contributed by atoms with van der Waals surface area (Å²) in [4.78, 5) is 27.5. The number of aryl methyl sites for hydroxylation is 1. The SMILES string of the molecule is Cc1cccc(N(CCCC(=O)N(Cc2ccc(F)cc2)C(C)C(=O)NC(C)(C)C)S(C)(=O)=O)c1. The lowest BCUT2D eigenvalue weighted by molar-refractivity contribution is -0.141. The number of halogens is 1. The van der Waals surface area contributed by atoms with Crippen LogP contribution in [-0.4, -0.2) is 49.5 Å². The first-order valence-electron chi connectivity index (χ1n) is 11.6. The van der Waals surface area contributed by atoms with E-state index in [1.807, 2.05) is 33.8 Å². The number of carbonyl (C=O) groups is 2. The molecule has 1 unspecified atom stereocenters. The summed E-state index contributed by atoms with van der Waals surface area (Å²) in [5.74, 6) is -0.976. The van der Waals surface area contributed by atoms with E-state index >= 15 is 0 Å². The summed E-state index contributed by atoms with van der Waals surface area (Å²) in [5.41, 5.74) is 1.69. The monoisotopic (exact) mass is 505 g/mol. The molecule has 192 valence electrons. The summed E-state index contributed by atoms with van der Waals surface area (Å²) in [5, 5.41) is 2.89. The van der Waals surface area contributed by atoms with Gasteiger partial charge in [-0.05, 0) is 76.4 Å². The van der Waals surface area contributed by atoms with Gasteiger partial charge in [-0.15, -0.1) is 0 Å². The van der Waals surface area contributed by atoms with E-state index in [1.54, 1.807) is 37.3 Å². The molecule has 2 aromatic carbocycles. The molecule has 0 aliphatic heterocycles. The Hall–Kier alpha value is -2.94. The highest BCUT2D eigenvalue weighted by Gasteiger charge is 2.28. The maximum atomic E-state index is 13.4. The van der Waals surface area contributed by atoms with Crippen LogP contribution in [0.15, 0.2) is 48.5 Å². The van der Waals surface area contributed by atoms with Crippen LogP contribution in [0.5, 0.6) is 0 Å². The first-order chi connectivity index (χ1) is 16.2. The fourth-order valence-corrected chi connectivity index (χ4v) is 4.59. The molecular formula is C26H36FN3O4S. The minimum Gasteiger partial charge on any atom is -0.350 e. The van der Waals surface area contributed by atoms with E-state index in [-0.39, 0.29) is 43.6 Å². The van der Waals surface area contributed by atoms with E-state index in [1.165, 1.54) is 21.3 Å². The van der Waals surface area contributed by atoms with Crippen molar-refractivity contribution in [3.05, 3.63) is 65.5 Å². The van der Waals surface area contributed by atoms with Gasteiger partial charge in [0.2, 0.25) is 21.8 Å². The van der Waals surface area contributed by atoms with Crippen LogP contribution in [0.3, 0.4) is 0 Å². The fourth-order valence-electron chi connectivity index (χ4n) is 3.63. The van der Waals surface area contributed by atoms with Crippen LogP contribution >= 0.6 is 0 Å². The third kappa shape index (κ3) is 8.98. The van der Waals surface area contributed by atoms with Crippen LogP contribution in [0.2, 0.25) is 0 Å². The summed E-state index contributed by atoms with van der Waals surface area (Å²) in [7, 11) is -3.55. The number of benzene rings is 2. The maximum absolute atomic E-state index is 13.4. The second-order valence-electron chi connectivity index (χ2n) is 9.84. The van der Waals surface area contributed by atoms with Crippen molar-refractivity contribution in [2.24, 2.45) is 0 Å². The zero-order valence-electron chi connectivity index (χ0n) is 21.3. The molecule has 0 aromatic heterocycles. The minimum absolute atomic E-state index is 0.0478. The topological polar surface area (TPSA) is 86.8 Å². The smallest absolute Gasteiger partial charge is 0.242 e. The Morgan fingerprint density at radius 1 is 1.09 bits per heavy atom. The van der Waals surface area contributed by atoms with Crippen molar-refractivity contribution in [2.75, 3.05) is 17.1 Å². The summed E-state index contributed by atoms with van der Waals surface area (Å²) in [6.07, 6.45) is 1.45. The molecule has 0 heterocycles. The number of anilines is 1. The standard InChI is InChI=1S/C26H36FN3O4S/c1-19-9-7-10-23(17-19)30(35(6,33)34)16-8-11-24(31)29(18-21-12-14-22(27)15-13-21)20(2)25(32)28-26(3,4)5/h7,9-10,12-15,17,20H,8,11,16,18H2,1-6H3,(H,28,32). The average molecular weight is 506 g/mol. The predicted molar refractivity (Wildman–Crippen MR) is 137 cm³/mol. The molecule has 0 fully saturated rings. The zero-order chi connectivity index (χ0) is 26.4. The molecule has 2 rings (SSSR count). The van der Waals surface area contributed by atoms with Crippen molar-refractivity contribution in [3.63, 3.8) is 0 Å². The number of nitrogens with zero attached hydrogens (tertiary/aromatic N) is 2. The molecule has 9 heteroatoms. The van der Waals surface area contributed by atoms with Gasteiger partial charge in [0.05, 0.1) is 11.9 Å². The van der Waals surface area contributed by atoms with Gasteiger partial charge in [0.25, 0.3) is 0 Å². The molecule has 2 amide bonds. The highest BCUT2D eigenvalue weighted by molar-refractivity contribution is 7.92. The van der Waals surface area contributed by atoms with E-state index in [0.29, 0.717) is 11.3 Å². The normalized spacial score (nSPS) is 12.7. The Balaban J connectivity index is 2.18. The van der Waals surface area contributed by atoms with Gasteiger partial charge in [0.15, 0.2) is 0 Å². The Kier molecular flexibility index (Phi) is 9.43. The summed E-state index contributed by atoms with van der Waals surface area (Å²) >= 11 is 0. The Morgan fingerprint density at radius 3 is 2.26 bits per heavy atom. The lowest BCUT2D eigenvalue weighted by Crippen LogP contribution is -2.52. The van der Waals surface area contributed by atoms with Crippen molar-refractivity contribution < 1.29 is 22.4 Å². The highest BCUT2D eigenvalue weighted by atomic mass is 32.2. The fraction of sp³-hybridized carbons (Fsp3) is 0.462. The van der Waals surface area contributed by atoms with E-state index in [9.17, 15) is 22.4 Å². The summed E-state index contributed by atoms with van der Waals surface area (Å²) < 4.78 is 39.4. The van der Waals surface area contributed by atoms with Gasteiger partial charge >= 0.3 is 0 Å². The van der Waals surface area contributed by atoms with Crippen molar-refractivity contribution in [3.8, 4) is 0 Å². The van der Waals surface area contributed by atoms with E-state index in [2.05, 4.69) is 5.32 Å². The first kappa shape index (κ1) is 28.3. The number of rotatable bonds is 10. The van der Waals surface area contributed by atoms with Crippen molar-refractivity contribution in [2.45, 2.75) is 65.6 Å². The van der Waals surface area contributed by atoms with Gasteiger partial charge in [-0.1, -0.05) is 24.3 Å². The molecule has 2 aromatic rings. The minimum atomic E-state index is -3.55. The molecule has 0 aliphatic carbocycles. The first-order valence-corrected chi connectivity index (χ1v) is 13.4. The van der Waals surface area contributed by atoms with Crippen molar-refractivity contribution >= 4 is 27.5 Å². The summed E-state index contributed by atoms with van der Waals surface area (Å²) in [6.45, 7) is 9.36. The van der Waals surface area contributed by atoms with E-state index in [0.717, 1.165) is 11.8 Å². The maximum Gasteiger partial charge on any atom is 0.242 e. The van der Waals surface area contributed by atoms with Crippen molar-refractivity contribution in [1.29, 1.82) is 0 Å². The second-order valence-corrected chi connectivity index (χ2v) is 11.7. The van der Waals surface area contributed by atoms with Gasteiger partial charge in [-0.2, -0.15) is 0 Å². The van der Waals surface area contributed by atoms with Crippen LogP contribution in [0.25, 0.3) is 0 Å². The Morgan fingerprint density at radius 2 is 1.71 bits per heavy atom. The highest BCUT2D eigenvalue weighted by Crippen LogP contribution is 2.20. The Labute approximate surface area is 208 Å². The predicted octanol–water partition coefficient (Wildman–Crippen LogP) is 4.01. The molecule has 7 nitrogen and oxygen atoms in total. The Bertz CT molecular complexity index is 1130. The molecule has 0 saturated heterocycles. The lowest BCUT2D eigenvalue weighted by Gasteiger charge is -2.32. The second kappa shape index (κ2) is 11.7. The van der Waals surface area contributed by atoms with Gasteiger partial charge < -0.3 is 10.2 Å². The number of sulfonamides is 1. The van der Waals surface area contributed by atoms with Crippen LogP contribution in [0.1, 0.15) is 51.7 Å². The van der Waals surface area contributed by atoms with Crippen LogP contribution in [0, 0.1) is 12.7 Å². The molecule has 0 radical (unpaired) electrons. The number of nitrogens with one attached hydrogen (secondary N) is 1. The average Bonchev–Trinajstić information content (AvgIpc) is 2.73. The van der Waals surface area contributed by atoms with Crippen LogP contribution in [-0.2, 0) is 26.2 Å². The number of hydrogen-bond acceptors (Lipinski definition) is 4. The van der Waals surface area contributed by atoms with Crippen LogP contribution in [0.4, 0.5) is 10.1 Å². The number of amides is 2.